The topological polar surface area (TPSA) is 68.2 Å². The summed E-state index contributed by atoms with van der Waals surface area (Å²) in [6, 6.07) is 10.4. The highest BCUT2D eigenvalue weighted by molar-refractivity contribution is 5.74. The Labute approximate surface area is 147 Å². The number of hydrogen-bond acceptors (Lipinski definition) is 3. The van der Waals surface area contributed by atoms with Gasteiger partial charge in [-0.1, -0.05) is 30.3 Å². The Hall–Kier alpha value is -2.34. The molecular weight excluding hydrogens is 316 g/mol. The summed E-state index contributed by atoms with van der Waals surface area (Å²) in [5.74, 6) is 0.871. The summed E-state index contributed by atoms with van der Waals surface area (Å²) >= 11 is 0. The number of hydrogen-bond donors (Lipinski definition) is 2. The standard InChI is InChI=1S/C19H24N4O2/c24-19(22-16-12-15-6-7-17(16)25-15)21-13-18-20-9-11-23(18)10-8-14-4-2-1-3-5-14/h1-5,9,11,15-17H,6-8,10,12-13H2,(H2,21,22,24)/t15-,16+,17-/m1/s1. The van der Waals surface area contributed by atoms with E-state index < -0.39 is 0 Å². The largest absolute Gasteiger partial charge is 0.373 e. The number of amides is 2. The lowest BCUT2D eigenvalue weighted by Crippen LogP contribution is -2.46. The second-order valence-electron chi connectivity index (χ2n) is 6.82. The summed E-state index contributed by atoms with van der Waals surface area (Å²) in [6.45, 7) is 1.28. The molecule has 0 spiro atoms. The lowest BCUT2D eigenvalue weighted by atomic mass is 9.96. The highest BCUT2D eigenvalue weighted by Gasteiger charge is 2.41. The van der Waals surface area contributed by atoms with Gasteiger partial charge < -0.3 is 19.9 Å². The molecule has 2 bridgehead atoms. The monoisotopic (exact) mass is 340 g/mol. The zero-order valence-electron chi connectivity index (χ0n) is 14.2. The fraction of sp³-hybridized carbons (Fsp3) is 0.474. The highest BCUT2D eigenvalue weighted by atomic mass is 16.5. The molecule has 0 radical (unpaired) electrons. The predicted molar refractivity (Wildman–Crippen MR) is 94.0 cm³/mol. The Balaban J connectivity index is 1.25. The van der Waals surface area contributed by atoms with E-state index in [0.717, 1.165) is 38.1 Å². The first-order valence-corrected chi connectivity index (χ1v) is 9.02. The quantitative estimate of drug-likeness (QED) is 0.847. The van der Waals surface area contributed by atoms with Gasteiger partial charge in [-0.15, -0.1) is 0 Å². The van der Waals surface area contributed by atoms with Crippen molar-refractivity contribution >= 4 is 6.03 Å². The summed E-state index contributed by atoms with van der Waals surface area (Å²) in [5, 5.41) is 5.96. The summed E-state index contributed by atoms with van der Waals surface area (Å²) in [7, 11) is 0. The van der Waals surface area contributed by atoms with Crippen LogP contribution in [-0.4, -0.2) is 33.8 Å². The predicted octanol–water partition coefficient (Wildman–Crippen LogP) is 2.24. The van der Waals surface area contributed by atoms with Crippen LogP contribution in [0, 0.1) is 0 Å². The molecule has 2 aliphatic heterocycles. The molecule has 2 saturated heterocycles. The molecule has 4 rings (SSSR count). The molecule has 2 amide bonds. The minimum atomic E-state index is -0.140. The average Bonchev–Trinajstić information content (AvgIpc) is 3.36. The molecule has 0 aliphatic carbocycles. The van der Waals surface area contributed by atoms with E-state index in [9.17, 15) is 4.79 Å². The number of rotatable bonds is 6. The van der Waals surface area contributed by atoms with Gasteiger partial charge in [-0.3, -0.25) is 0 Å². The number of aromatic nitrogens is 2. The van der Waals surface area contributed by atoms with E-state index in [1.54, 1.807) is 6.20 Å². The Bertz CT molecular complexity index is 715. The molecule has 0 unspecified atom stereocenters. The van der Waals surface area contributed by atoms with E-state index in [0.29, 0.717) is 12.6 Å². The Morgan fingerprint density at radius 2 is 2.16 bits per heavy atom. The molecular formula is C19H24N4O2. The second-order valence-corrected chi connectivity index (χ2v) is 6.82. The second kappa shape index (κ2) is 7.27. The number of aryl methyl sites for hydroxylation is 2. The Morgan fingerprint density at radius 3 is 2.92 bits per heavy atom. The zero-order valence-corrected chi connectivity index (χ0v) is 14.2. The number of ether oxygens (including phenoxy) is 1. The van der Waals surface area contributed by atoms with Crippen LogP contribution in [0.4, 0.5) is 4.79 Å². The van der Waals surface area contributed by atoms with E-state index in [1.165, 1.54) is 5.56 Å². The lowest BCUT2D eigenvalue weighted by molar-refractivity contribution is 0.0981. The molecule has 6 nitrogen and oxygen atoms in total. The summed E-state index contributed by atoms with van der Waals surface area (Å²) < 4.78 is 7.86. The van der Waals surface area contributed by atoms with Crippen molar-refractivity contribution in [2.75, 3.05) is 0 Å². The van der Waals surface area contributed by atoms with Crippen molar-refractivity contribution in [2.45, 2.75) is 57.0 Å². The molecule has 3 atom stereocenters. The lowest BCUT2D eigenvalue weighted by Gasteiger charge is -2.20. The third kappa shape index (κ3) is 3.85. The normalized spacial score (nSPS) is 24.4. The van der Waals surface area contributed by atoms with Crippen LogP contribution in [-0.2, 0) is 24.2 Å². The van der Waals surface area contributed by atoms with Crippen LogP contribution in [0.25, 0.3) is 0 Å². The van der Waals surface area contributed by atoms with Gasteiger partial charge in [0, 0.05) is 18.9 Å². The van der Waals surface area contributed by atoms with Gasteiger partial charge in [0.2, 0.25) is 0 Å². The molecule has 2 aromatic rings. The molecule has 3 heterocycles. The van der Waals surface area contributed by atoms with Crippen LogP contribution in [0.1, 0.15) is 30.7 Å². The van der Waals surface area contributed by atoms with E-state index in [2.05, 4.69) is 44.5 Å². The fourth-order valence-corrected chi connectivity index (χ4v) is 3.77. The first-order chi connectivity index (χ1) is 12.3. The summed E-state index contributed by atoms with van der Waals surface area (Å²) in [6.07, 6.45) is 8.34. The highest BCUT2D eigenvalue weighted by Crippen LogP contribution is 2.34. The minimum absolute atomic E-state index is 0.140. The first-order valence-electron chi connectivity index (χ1n) is 9.02. The van der Waals surface area contributed by atoms with Crippen molar-refractivity contribution in [3.8, 4) is 0 Å². The maximum atomic E-state index is 12.1. The third-order valence-corrected chi connectivity index (χ3v) is 5.12. The van der Waals surface area contributed by atoms with Crippen molar-refractivity contribution in [3.63, 3.8) is 0 Å². The number of nitrogens with one attached hydrogen (secondary N) is 2. The van der Waals surface area contributed by atoms with Crippen molar-refractivity contribution in [1.82, 2.24) is 20.2 Å². The van der Waals surface area contributed by atoms with Crippen LogP contribution < -0.4 is 10.6 Å². The molecule has 2 N–H and O–H groups in total. The number of carbonyl (C=O) groups is 1. The van der Waals surface area contributed by atoms with E-state index >= 15 is 0 Å². The Morgan fingerprint density at radius 1 is 1.28 bits per heavy atom. The number of nitrogens with zero attached hydrogens (tertiary/aromatic N) is 2. The van der Waals surface area contributed by atoms with E-state index in [4.69, 9.17) is 4.74 Å². The van der Waals surface area contributed by atoms with Gasteiger partial charge in [-0.05, 0) is 31.2 Å². The van der Waals surface area contributed by atoms with Crippen molar-refractivity contribution < 1.29 is 9.53 Å². The van der Waals surface area contributed by atoms with Crippen LogP contribution in [0.3, 0.4) is 0 Å². The molecule has 6 heteroatoms. The Kier molecular flexibility index (Phi) is 4.70. The molecule has 132 valence electrons. The summed E-state index contributed by atoms with van der Waals surface area (Å²) in [4.78, 5) is 16.5. The van der Waals surface area contributed by atoms with Crippen LogP contribution in [0.5, 0.6) is 0 Å². The van der Waals surface area contributed by atoms with Crippen molar-refractivity contribution in [2.24, 2.45) is 0 Å². The molecule has 1 aromatic heterocycles. The van der Waals surface area contributed by atoms with Gasteiger partial charge in [0.25, 0.3) is 0 Å². The maximum Gasteiger partial charge on any atom is 0.315 e. The summed E-state index contributed by atoms with van der Waals surface area (Å²) in [5.41, 5.74) is 1.30. The zero-order chi connectivity index (χ0) is 17.1. The van der Waals surface area contributed by atoms with Gasteiger partial charge in [0.15, 0.2) is 0 Å². The van der Waals surface area contributed by atoms with Gasteiger partial charge in [-0.25, -0.2) is 9.78 Å². The van der Waals surface area contributed by atoms with E-state index in [-0.39, 0.29) is 18.2 Å². The molecule has 25 heavy (non-hydrogen) atoms. The van der Waals surface area contributed by atoms with Gasteiger partial charge in [0.1, 0.15) is 5.82 Å². The number of carbonyl (C=O) groups excluding carboxylic acids is 1. The van der Waals surface area contributed by atoms with Gasteiger partial charge in [0.05, 0.1) is 24.8 Å². The molecule has 2 aliphatic rings. The molecule has 0 saturated carbocycles. The van der Waals surface area contributed by atoms with Gasteiger partial charge >= 0.3 is 6.03 Å². The SMILES string of the molecule is O=C(NCc1nccn1CCc1ccccc1)N[C@H]1C[C@H]2CC[C@H]1O2. The average molecular weight is 340 g/mol. The first kappa shape index (κ1) is 16.1. The van der Waals surface area contributed by atoms with Crippen LogP contribution in [0.15, 0.2) is 42.7 Å². The number of imidazole rings is 1. The number of urea groups is 1. The van der Waals surface area contributed by atoms with Crippen LogP contribution >= 0.6 is 0 Å². The third-order valence-electron chi connectivity index (χ3n) is 5.12. The number of benzene rings is 1. The number of fused-ring (bicyclic) bond motifs is 2. The minimum Gasteiger partial charge on any atom is -0.373 e. The molecule has 1 aromatic carbocycles. The van der Waals surface area contributed by atoms with Gasteiger partial charge in [-0.2, -0.15) is 0 Å². The van der Waals surface area contributed by atoms with Crippen molar-refractivity contribution in [3.05, 3.63) is 54.1 Å². The van der Waals surface area contributed by atoms with E-state index in [1.807, 2.05) is 12.3 Å². The van der Waals surface area contributed by atoms with Crippen molar-refractivity contribution in [1.29, 1.82) is 0 Å². The fourth-order valence-electron chi connectivity index (χ4n) is 3.77. The maximum absolute atomic E-state index is 12.1. The smallest absolute Gasteiger partial charge is 0.315 e. The molecule has 2 fully saturated rings. The van der Waals surface area contributed by atoms with Crippen LogP contribution in [0.2, 0.25) is 0 Å².